The van der Waals surface area contributed by atoms with Crippen LogP contribution >= 0.6 is 0 Å². The lowest BCUT2D eigenvalue weighted by Crippen LogP contribution is -2.34. The van der Waals surface area contributed by atoms with Crippen molar-refractivity contribution in [3.8, 4) is 0 Å². The Kier molecular flexibility index (Phi) is 2.76. The number of ether oxygens (including phenoxy) is 2. The van der Waals surface area contributed by atoms with E-state index in [0.29, 0.717) is 25.5 Å². The van der Waals surface area contributed by atoms with Crippen LogP contribution in [0.1, 0.15) is 11.8 Å². The standard InChI is InChI=1S/C8H13N3O3/c1-11-4-6(9-10-11)8(12)7-5-13-2-3-14-7/h4,7-8,12H,2-3,5H2,1H3. The van der Waals surface area contributed by atoms with Crippen molar-refractivity contribution in [1.29, 1.82) is 0 Å². The molecule has 1 aromatic heterocycles. The van der Waals surface area contributed by atoms with Gasteiger partial charge in [0, 0.05) is 7.05 Å². The van der Waals surface area contributed by atoms with Gasteiger partial charge in [0.2, 0.25) is 0 Å². The number of aliphatic hydroxyl groups excluding tert-OH is 1. The number of hydrogen-bond donors (Lipinski definition) is 1. The molecular weight excluding hydrogens is 186 g/mol. The van der Waals surface area contributed by atoms with E-state index in [4.69, 9.17) is 9.47 Å². The lowest BCUT2D eigenvalue weighted by molar-refractivity contribution is -0.134. The topological polar surface area (TPSA) is 69.4 Å². The van der Waals surface area contributed by atoms with Crippen molar-refractivity contribution < 1.29 is 14.6 Å². The third-order valence-electron chi connectivity index (χ3n) is 2.12. The van der Waals surface area contributed by atoms with Gasteiger partial charge in [-0.1, -0.05) is 5.21 Å². The lowest BCUT2D eigenvalue weighted by atomic mass is 10.1. The maximum atomic E-state index is 9.84. The number of aliphatic hydroxyl groups is 1. The van der Waals surface area contributed by atoms with Gasteiger partial charge in [-0.2, -0.15) is 0 Å². The van der Waals surface area contributed by atoms with Gasteiger partial charge in [-0.25, -0.2) is 0 Å². The number of nitrogens with zero attached hydrogens (tertiary/aromatic N) is 3. The molecule has 0 amide bonds. The summed E-state index contributed by atoms with van der Waals surface area (Å²) in [6.07, 6.45) is 0.576. The van der Waals surface area contributed by atoms with Crippen LogP contribution in [0.25, 0.3) is 0 Å². The molecule has 0 aliphatic carbocycles. The highest BCUT2D eigenvalue weighted by molar-refractivity contribution is 5.00. The normalized spacial score (nSPS) is 24.9. The van der Waals surface area contributed by atoms with Gasteiger partial charge in [-0.05, 0) is 0 Å². The number of aryl methyl sites for hydroxylation is 1. The molecule has 2 unspecified atom stereocenters. The minimum absolute atomic E-state index is 0.333. The SMILES string of the molecule is Cn1cc(C(O)C2COCCO2)nn1. The van der Waals surface area contributed by atoms with Crippen LogP contribution in [-0.2, 0) is 16.5 Å². The Morgan fingerprint density at radius 3 is 3.07 bits per heavy atom. The molecule has 0 aromatic carbocycles. The zero-order valence-corrected chi connectivity index (χ0v) is 7.96. The molecule has 1 aromatic rings. The van der Waals surface area contributed by atoms with Crippen LogP contribution < -0.4 is 0 Å². The van der Waals surface area contributed by atoms with E-state index in [1.807, 2.05) is 0 Å². The zero-order valence-electron chi connectivity index (χ0n) is 7.96. The molecule has 0 spiro atoms. The monoisotopic (exact) mass is 199 g/mol. The van der Waals surface area contributed by atoms with Gasteiger partial charge in [0.05, 0.1) is 26.0 Å². The summed E-state index contributed by atoms with van der Waals surface area (Å²) in [5, 5.41) is 17.4. The summed E-state index contributed by atoms with van der Waals surface area (Å²) in [5.41, 5.74) is 0.517. The van der Waals surface area contributed by atoms with Crippen LogP contribution in [0.4, 0.5) is 0 Å². The molecule has 6 nitrogen and oxygen atoms in total. The molecule has 6 heteroatoms. The summed E-state index contributed by atoms with van der Waals surface area (Å²) < 4.78 is 12.1. The smallest absolute Gasteiger partial charge is 0.128 e. The van der Waals surface area contributed by atoms with Crippen molar-refractivity contribution in [3.05, 3.63) is 11.9 Å². The van der Waals surface area contributed by atoms with Crippen LogP contribution in [0.15, 0.2) is 6.20 Å². The number of rotatable bonds is 2. The Morgan fingerprint density at radius 2 is 2.50 bits per heavy atom. The summed E-state index contributed by atoms with van der Waals surface area (Å²) in [4.78, 5) is 0. The van der Waals surface area contributed by atoms with Gasteiger partial charge >= 0.3 is 0 Å². The molecule has 1 N–H and O–H groups in total. The summed E-state index contributed by atoms with van der Waals surface area (Å²) >= 11 is 0. The fourth-order valence-corrected chi connectivity index (χ4v) is 1.38. The molecule has 2 heterocycles. The highest BCUT2D eigenvalue weighted by atomic mass is 16.6. The van der Waals surface area contributed by atoms with Crippen molar-refractivity contribution in [2.24, 2.45) is 7.05 Å². The fraction of sp³-hybridized carbons (Fsp3) is 0.750. The van der Waals surface area contributed by atoms with Crippen LogP contribution in [0.5, 0.6) is 0 Å². The van der Waals surface area contributed by atoms with E-state index in [-0.39, 0.29) is 6.10 Å². The van der Waals surface area contributed by atoms with Crippen LogP contribution in [0.2, 0.25) is 0 Å². The Bertz CT molecular complexity index is 296. The first kappa shape index (κ1) is 9.57. The molecule has 1 saturated heterocycles. The molecule has 0 radical (unpaired) electrons. The first-order valence-corrected chi connectivity index (χ1v) is 4.51. The van der Waals surface area contributed by atoms with Crippen LogP contribution in [0.3, 0.4) is 0 Å². The predicted molar refractivity (Wildman–Crippen MR) is 46.5 cm³/mol. The predicted octanol–water partition coefficient (Wildman–Crippen LogP) is -0.736. The summed E-state index contributed by atoms with van der Waals surface area (Å²) in [6, 6.07) is 0. The summed E-state index contributed by atoms with van der Waals surface area (Å²) in [5.74, 6) is 0. The molecule has 0 saturated carbocycles. The number of aromatic nitrogens is 3. The maximum Gasteiger partial charge on any atom is 0.128 e. The van der Waals surface area contributed by atoms with E-state index in [2.05, 4.69) is 10.3 Å². The van der Waals surface area contributed by atoms with Gasteiger partial charge in [-0.3, -0.25) is 4.68 Å². The molecule has 1 aliphatic heterocycles. The van der Waals surface area contributed by atoms with Gasteiger partial charge in [-0.15, -0.1) is 5.10 Å². The Labute approximate surface area is 81.4 Å². The maximum absolute atomic E-state index is 9.84. The van der Waals surface area contributed by atoms with Gasteiger partial charge in [0.25, 0.3) is 0 Å². The van der Waals surface area contributed by atoms with Crippen molar-refractivity contribution in [2.75, 3.05) is 19.8 Å². The molecule has 2 rings (SSSR count). The average molecular weight is 199 g/mol. The first-order valence-electron chi connectivity index (χ1n) is 4.51. The van der Waals surface area contributed by atoms with Crippen molar-refractivity contribution in [2.45, 2.75) is 12.2 Å². The third kappa shape index (κ3) is 1.92. The summed E-state index contributed by atoms with van der Waals surface area (Å²) in [7, 11) is 1.75. The van der Waals surface area contributed by atoms with Gasteiger partial charge in [0.15, 0.2) is 0 Å². The second-order valence-corrected chi connectivity index (χ2v) is 3.25. The molecule has 14 heavy (non-hydrogen) atoms. The molecular formula is C8H13N3O3. The fourth-order valence-electron chi connectivity index (χ4n) is 1.38. The van der Waals surface area contributed by atoms with E-state index < -0.39 is 6.10 Å². The molecule has 0 bridgehead atoms. The quantitative estimate of drug-likeness (QED) is 0.679. The van der Waals surface area contributed by atoms with Crippen molar-refractivity contribution in [1.82, 2.24) is 15.0 Å². The van der Waals surface area contributed by atoms with E-state index in [1.165, 1.54) is 0 Å². The largest absolute Gasteiger partial charge is 0.384 e. The van der Waals surface area contributed by atoms with E-state index in [9.17, 15) is 5.11 Å². The molecule has 78 valence electrons. The number of hydrogen-bond acceptors (Lipinski definition) is 5. The van der Waals surface area contributed by atoms with Crippen LogP contribution in [-0.4, -0.2) is 46.0 Å². The highest BCUT2D eigenvalue weighted by Gasteiger charge is 2.26. The molecule has 2 atom stereocenters. The van der Waals surface area contributed by atoms with Gasteiger partial charge < -0.3 is 14.6 Å². The Hall–Kier alpha value is -0.980. The zero-order chi connectivity index (χ0) is 9.97. The van der Waals surface area contributed by atoms with Crippen LogP contribution in [0, 0.1) is 0 Å². The first-order chi connectivity index (χ1) is 6.77. The Morgan fingerprint density at radius 1 is 1.64 bits per heavy atom. The van der Waals surface area contributed by atoms with Gasteiger partial charge in [0.1, 0.15) is 17.9 Å². The van der Waals surface area contributed by atoms with E-state index in [1.54, 1.807) is 17.9 Å². The Balaban J connectivity index is 2.03. The molecule has 1 aliphatic rings. The minimum atomic E-state index is -0.760. The second kappa shape index (κ2) is 4.04. The third-order valence-corrected chi connectivity index (χ3v) is 2.12. The highest BCUT2D eigenvalue weighted by Crippen LogP contribution is 2.18. The van der Waals surface area contributed by atoms with E-state index in [0.717, 1.165) is 0 Å². The summed E-state index contributed by atoms with van der Waals surface area (Å²) in [6.45, 7) is 1.50. The van der Waals surface area contributed by atoms with Crippen molar-refractivity contribution in [3.63, 3.8) is 0 Å². The minimum Gasteiger partial charge on any atom is -0.384 e. The second-order valence-electron chi connectivity index (χ2n) is 3.25. The molecule has 1 fully saturated rings. The lowest BCUT2D eigenvalue weighted by Gasteiger charge is -2.25. The van der Waals surface area contributed by atoms with E-state index >= 15 is 0 Å². The average Bonchev–Trinajstić information content (AvgIpc) is 2.65. The van der Waals surface area contributed by atoms with Crippen molar-refractivity contribution >= 4 is 0 Å².